The van der Waals surface area contributed by atoms with Gasteiger partial charge in [0, 0.05) is 0 Å². The summed E-state index contributed by atoms with van der Waals surface area (Å²) in [5, 5.41) is 8.93. The molecule has 1 aliphatic carbocycles. The van der Waals surface area contributed by atoms with Crippen LogP contribution < -0.4 is 0 Å². The molecule has 1 heteroatoms. The summed E-state index contributed by atoms with van der Waals surface area (Å²) in [6.07, 6.45) is 3.58. The number of fused-ring (bicyclic) bond motifs is 1. The molecule has 1 nitrogen and oxygen atoms in total. The van der Waals surface area contributed by atoms with Gasteiger partial charge < -0.3 is 0 Å². The number of hydrogen-bond donors (Lipinski definition) is 0. The molecule has 13 heavy (non-hydrogen) atoms. The van der Waals surface area contributed by atoms with Gasteiger partial charge in [-0.2, -0.15) is 5.26 Å². The van der Waals surface area contributed by atoms with Crippen LogP contribution >= 0.6 is 0 Å². The molecule has 0 aromatic heterocycles. The molecule has 0 unspecified atom stereocenters. The van der Waals surface area contributed by atoms with Crippen LogP contribution in [0.1, 0.15) is 42.4 Å². The molecule has 1 aliphatic rings. The van der Waals surface area contributed by atoms with Crippen molar-refractivity contribution in [1.29, 1.82) is 5.26 Å². The zero-order chi connectivity index (χ0) is 9.26. The molecule has 0 saturated carbocycles. The van der Waals surface area contributed by atoms with Crippen LogP contribution in [0.25, 0.3) is 0 Å². The van der Waals surface area contributed by atoms with E-state index in [-0.39, 0.29) is 0 Å². The minimum atomic E-state index is 0.636. The third kappa shape index (κ3) is 1.33. The molecule has 0 aliphatic heterocycles. The summed E-state index contributed by atoms with van der Waals surface area (Å²) in [6, 6.07) is 8.37. The van der Waals surface area contributed by atoms with Gasteiger partial charge in [-0.25, -0.2) is 0 Å². The van der Waals surface area contributed by atoms with Gasteiger partial charge in [-0.1, -0.05) is 19.1 Å². The van der Waals surface area contributed by atoms with E-state index in [4.69, 9.17) is 5.26 Å². The zero-order valence-electron chi connectivity index (χ0n) is 7.88. The van der Waals surface area contributed by atoms with Crippen molar-refractivity contribution in [2.75, 3.05) is 0 Å². The Hall–Kier alpha value is -1.29. The first-order valence-corrected chi connectivity index (χ1v) is 4.85. The minimum Gasteiger partial charge on any atom is -0.192 e. The van der Waals surface area contributed by atoms with Gasteiger partial charge in [-0.15, -0.1) is 0 Å². The first-order valence-electron chi connectivity index (χ1n) is 4.85. The summed E-state index contributed by atoms with van der Waals surface area (Å²) in [6.45, 7) is 2.25. The lowest BCUT2D eigenvalue weighted by Gasteiger charge is -2.22. The van der Waals surface area contributed by atoms with Crippen LogP contribution in [-0.4, -0.2) is 0 Å². The fourth-order valence-electron chi connectivity index (χ4n) is 2.19. The maximum Gasteiger partial charge on any atom is 0.0994 e. The van der Waals surface area contributed by atoms with Crippen molar-refractivity contribution in [1.82, 2.24) is 0 Å². The normalized spacial score (nSPS) is 20.5. The lowest BCUT2D eigenvalue weighted by atomic mass is 9.82. The average Bonchev–Trinajstić information content (AvgIpc) is 2.18. The Morgan fingerprint density at radius 3 is 3.08 bits per heavy atom. The van der Waals surface area contributed by atoms with E-state index in [0.717, 1.165) is 12.0 Å². The Kier molecular flexibility index (Phi) is 2.06. The Labute approximate surface area is 79.0 Å². The molecule has 0 bridgehead atoms. The van der Waals surface area contributed by atoms with Gasteiger partial charge in [0.15, 0.2) is 0 Å². The highest BCUT2D eigenvalue weighted by molar-refractivity contribution is 5.45. The second-order valence-electron chi connectivity index (χ2n) is 3.78. The molecular weight excluding hydrogens is 158 g/mol. The van der Waals surface area contributed by atoms with Crippen molar-refractivity contribution in [3.05, 3.63) is 34.9 Å². The smallest absolute Gasteiger partial charge is 0.0994 e. The van der Waals surface area contributed by atoms with Gasteiger partial charge in [0.1, 0.15) is 0 Å². The summed E-state index contributed by atoms with van der Waals surface area (Å²) in [5.74, 6) is 0.636. The lowest BCUT2D eigenvalue weighted by Crippen LogP contribution is -2.08. The zero-order valence-corrected chi connectivity index (χ0v) is 7.88. The molecule has 0 fully saturated rings. The van der Waals surface area contributed by atoms with Crippen LogP contribution in [0, 0.1) is 11.3 Å². The summed E-state index contributed by atoms with van der Waals surface area (Å²) in [7, 11) is 0. The molecule has 2 rings (SSSR count). The monoisotopic (exact) mass is 171 g/mol. The third-order valence-corrected chi connectivity index (χ3v) is 2.93. The van der Waals surface area contributed by atoms with Crippen molar-refractivity contribution in [3.63, 3.8) is 0 Å². The topological polar surface area (TPSA) is 23.8 Å². The van der Waals surface area contributed by atoms with Gasteiger partial charge in [-0.3, -0.25) is 0 Å². The fraction of sp³-hybridized carbons (Fsp3) is 0.417. The van der Waals surface area contributed by atoms with E-state index in [1.807, 2.05) is 12.1 Å². The highest BCUT2D eigenvalue weighted by Gasteiger charge is 2.18. The molecule has 0 saturated heterocycles. The largest absolute Gasteiger partial charge is 0.192 e. The summed E-state index contributed by atoms with van der Waals surface area (Å²) < 4.78 is 0. The van der Waals surface area contributed by atoms with E-state index in [2.05, 4.69) is 19.1 Å². The average molecular weight is 171 g/mol. The fourth-order valence-corrected chi connectivity index (χ4v) is 2.19. The van der Waals surface area contributed by atoms with Crippen LogP contribution in [0.3, 0.4) is 0 Å². The standard InChI is InChI=1S/C12H13N/c1-9-4-2-7-12-10(8-13)5-3-6-11(9)12/h3,5-6,9H,2,4,7H2,1H3/t9-/m0/s1. The third-order valence-electron chi connectivity index (χ3n) is 2.93. The van der Waals surface area contributed by atoms with E-state index in [1.165, 1.54) is 24.0 Å². The minimum absolute atomic E-state index is 0.636. The van der Waals surface area contributed by atoms with Crippen molar-refractivity contribution in [2.24, 2.45) is 0 Å². The molecule has 0 radical (unpaired) electrons. The van der Waals surface area contributed by atoms with Gasteiger partial charge in [0.2, 0.25) is 0 Å². The Morgan fingerprint density at radius 2 is 2.31 bits per heavy atom. The van der Waals surface area contributed by atoms with E-state index >= 15 is 0 Å². The van der Waals surface area contributed by atoms with E-state index in [9.17, 15) is 0 Å². The molecule has 0 N–H and O–H groups in total. The Balaban J connectivity index is 2.56. The van der Waals surface area contributed by atoms with Gasteiger partial charge in [-0.05, 0) is 42.4 Å². The van der Waals surface area contributed by atoms with Crippen LogP contribution in [0.2, 0.25) is 0 Å². The molecular formula is C12H13N. The van der Waals surface area contributed by atoms with Crippen molar-refractivity contribution < 1.29 is 0 Å². The predicted octanol–water partition coefficient (Wildman–Crippen LogP) is 3.00. The summed E-state index contributed by atoms with van der Waals surface area (Å²) in [5.41, 5.74) is 3.57. The molecule has 0 amide bonds. The van der Waals surface area contributed by atoms with Crippen molar-refractivity contribution in [3.8, 4) is 6.07 Å². The van der Waals surface area contributed by atoms with Crippen LogP contribution in [0.15, 0.2) is 18.2 Å². The van der Waals surface area contributed by atoms with Gasteiger partial charge in [0.25, 0.3) is 0 Å². The second kappa shape index (κ2) is 3.22. The quantitative estimate of drug-likeness (QED) is 0.588. The number of benzene rings is 1. The second-order valence-corrected chi connectivity index (χ2v) is 3.78. The number of nitriles is 1. The molecule has 0 heterocycles. The van der Waals surface area contributed by atoms with Crippen LogP contribution in [0.5, 0.6) is 0 Å². The summed E-state index contributed by atoms with van der Waals surface area (Å²) in [4.78, 5) is 0. The van der Waals surface area contributed by atoms with Crippen LogP contribution in [0.4, 0.5) is 0 Å². The Bertz CT molecular complexity index is 360. The number of hydrogen-bond acceptors (Lipinski definition) is 1. The first-order chi connectivity index (χ1) is 6.33. The molecule has 1 atom stereocenters. The van der Waals surface area contributed by atoms with Crippen LogP contribution in [-0.2, 0) is 6.42 Å². The van der Waals surface area contributed by atoms with Gasteiger partial charge in [0.05, 0.1) is 11.6 Å². The first kappa shape index (κ1) is 8.31. The van der Waals surface area contributed by atoms with Crippen molar-refractivity contribution >= 4 is 0 Å². The van der Waals surface area contributed by atoms with E-state index < -0.39 is 0 Å². The van der Waals surface area contributed by atoms with E-state index in [0.29, 0.717) is 5.92 Å². The lowest BCUT2D eigenvalue weighted by molar-refractivity contribution is 0.589. The van der Waals surface area contributed by atoms with E-state index in [1.54, 1.807) is 0 Å². The molecule has 1 aromatic rings. The molecule has 1 aromatic carbocycles. The maximum absolute atomic E-state index is 8.93. The summed E-state index contributed by atoms with van der Waals surface area (Å²) >= 11 is 0. The predicted molar refractivity (Wildman–Crippen MR) is 52.5 cm³/mol. The highest BCUT2D eigenvalue weighted by atomic mass is 14.3. The highest BCUT2D eigenvalue weighted by Crippen LogP contribution is 2.32. The molecule has 66 valence electrons. The number of nitrogens with zero attached hydrogens (tertiary/aromatic N) is 1. The van der Waals surface area contributed by atoms with Gasteiger partial charge >= 0.3 is 0 Å². The maximum atomic E-state index is 8.93. The SMILES string of the molecule is C[C@H]1CCCc2c(C#N)cccc21. The van der Waals surface area contributed by atoms with Crippen molar-refractivity contribution in [2.45, 2.75) is 32.1 Å². The Morgan fingerprint density at radius 1 is 1.46 bits per heavy atom. The number of rotatable bonds is 0. The molecule has 0 spiro atoms.